The summed E-state index contributed by atoms with van der Waals surface area (Å²) in [6.07, 6.45) is 0. The van der Waals surface area contributed by atoms with Gasteiger partial charge in [-0.2, -0.15) is 0 Å². The van der Waals surface area contributed by atoms with Gasteiger partial charge in [0.2, 0.25) is 0 Å². The lowest BCUT2D eigenvalue weighted by Gasteiger charge is -2.12. The Hall–Kier alpha value is -2.13. The summed E-state index contributed by atoms with van der Waals surface area (Å²) in [5.74, 6) is 0.353. The molecule has 0 heterocycles. The third-order valence-electron chi connectivity index (χ3n) is 2.65. The molecule has 0 aliphatic rings. The van der Waals surface area contributed by atoms with E-state index in [0.717, 1.165) is 10.6 Å². The van der Waals surface area contributed by atoms with Crippen molar-refractivity contribution >= 4 is 11.7 Å². The van der Waals surface area contributed by atoms with E-state index in [-0.39, 0.29) is 5.97 Å². The SMILES string of the molecule is CC.CC.C[NH+](CC(=O)Oc1ccccc1)c1ccccc1. The molecule has 120 valence electrons. The van der Waals surface area contributed by atoms with Gasteiger partial charge in [0.05, 0.1) is 7.05 Å². The average molecular weight is 302 g/mol. The Morgan fingerprint density at radius 3 is 1.82 bits per heavy atom. The molecule has 3 heteroatoms. The Labute approximate surface area is 134 Å². The van der Waals surface area contributed by atoms with Gasteiger partial charge in [-0.3, -0.25) is 4.90 Å². The van der Waals surface area contributed by atoms with Gasteiger partial charge < -0.3 is 4.74 Å². The van der Waals surface area contributed by atoms with E-state index in [9.17, 15) is 4.79 Å². The highest BCUT2D eigenvalue weighted by Gasteiger charge is 2.13. The molecule has 1 atom stereocenters. The molecule has 2 aromatic rings. The van der Waals surface area contributed by atoms with Crippen LogP contribution in [0.4, 0.5) is 5.69 Å². The van der Waals surface area contributed by atoms with Gasteiger partial charge in [0.15, 0.2) is 6.54 Å². The van der Waals surface area contributed by atoms with E-state index in [4.69, 9.17) is 4.74 Å². The molecule has 1 N–H and O–H groups in total. The van der Waals surface area contributed by atoms with Crippen LogP contribution in [-0.4, -0.2) is 19.6 Å². The van der Waals surface area contributed by atoms with Crippen LogP contribution in [-0.2, 0) is 4.79 Å². The highest BCUT2D eigenvalue weighted by molar-refractivity contribution is 5.73. The zero-order chi connectivity index (χ0) is 16.8. The molecular formula is C19H28NO2+. The molecule has 0 bridgehead atoms. The first-order valence-corrected chi connectivity index (χ1v) is 7.89. The molecule has 0 aliphatic heterocycles. The maximum atomic E-state index is 11.8. The molecule has 2 aromatic carbocycles. The van der Waals surface area contributed by atoms with Crippen LogP contribution >= 0.6 is 0 Å². The summed E-state index contributed by atoms with van der Waals surface area (Å²) < 4.78 is 5.25. The summed E-state index contributed by atoms with van der Waals surface area (Å²) in [6.45, 7) is 8.30. The zero-order valence-corrected chi connectivity index (χ0v) is 14.3. The minimum absolute atomic E-state index is 0.234. The smallest absolute Gasteiger partial charge is 0.367 e. The van der Waals surface area contributed by atoms with Crippen molar-refractivity contribution in [2.24, 2.45) is 0 Å². The third kappa shape index (κ3) is 7.60. The van der Waals surface area contributed by atoms with Gasteiger partial charge in [-0.25, -0.2) is 4.79 Å². The quantitative estimate of drug-likeness (QED) is 0.692. The number of nitrogens with one attached hydrogen (secondary N) is 1. The molecule has 0 spiro atoms. The maximum Gasteiger partial charge on any atom is 0.367 e. The van der Waals surface area contributed by atoms with Crippen LogP contribution in [0.1, 0.15) is 27.7 Å². The fraction of sp³-hybridized carbons (Fsp3) is 0.316. The summed E-state index contributed by atoms with van der Waals surface area (Å²) in [5, 5.41) is 0. The lowest BCUT2D eigenvalue weighted by Crippen LogP contribution is -3.05. The van der Waals surface area contributed by atoms with Crippen molar-refractivity contribution in [1.82, 2.24) is 0 Å². The summed E-state index contributed by atoms with van der Waals surface area (Å²) >= 11 is 0. The predicted molar refractivity (Wildman–Crippen MR) is 92.6 cm³/mol. The monoisotopic (exact) mass is 302 g/mol. The second-order valence-corrected chi connectivity index (χ2v) is 4.11. The Bertz CT molecular complexity index is 497. The van der Waals surface area contributed by atoms with Crippen LogP contribution in [0.3, 0.4) is 0 Å². The van der Waals surface area contributed by atoms with Crippen LogP contribution < -0.4 is 9.64 Å². The summed E-state index contributed by atoms with van der Waals surface area (Å²) in [6, 6.07) is 19.0. The van der Waals surface area contributed by atoms with E-state index in [1.807, 2.05) is 83.3 Å². The Kier molecular flexibility index (Phi) is 11.4. The summed E-state index contributed by atoms with van der Waals surface area (Å²) in [7, 11) is 1.95. The van der Waals surface area contributed by atoms with E-state index in [1.165, 1.54) is 0 Å². The maximum absolute atomic E-state index is 11.8. The molecule has 1 unspecified atom stereocenters. The molecule has 0 radical (unpaired) electrons. The number of likely N-dealkylation sites (N-methyl/N-ethyl adjacent to an activating group) is 1. The van der Waals surface area contributed by atoms with E-state index in [1.54, 1.807) is 12.1 Å². The Morgan fingerprint density at radius 1 is 0.864 bits per heavy atom. The molecule has 22 heavy (non-hydrogen) atoms. The van der Waals surface area contributed by atoms with Crippen molar-refractivity contribution in [1.29, 1.82) is 0 Å². The number of esters is 1. The topological polar surface area (TPSA) is 30.7 Å². The van der Waals surface area contributed by atoms with Crippen molar-refractivity contribution in [2.75, 3.05) is 13.6 Å². The molecule has 0 aliphatic carbocycles. The number of rotatable bonds is 4. The summed E-state index contributed by atoms with van der Waals surface area (Å²) in [4.78, 5) is 12.8. The molecule has 3 nitrogen and oxygen atoms in total. The summed E-state index contributed by atoms with van der Waals surface area (Å²) in [5.41, 5.74) is 1.07. The number of para-hydroxylation sites is 2. The predicted octanol–water partition coefficient (Wildman–Crippen LogP) is 3.49. The van der Waals surface area contributed by atoms with Crippen LogP contribution in [0.15, 0.2) is 60.7 Å². The minimum atomic E-state index is -0.234. The first kappa shape index (κ1) is 19.9. The first-order chi connectivity index (χ1) is 10.8. The van der Waals surface area contributed by atoms with Crippen LogP contribution in [0, 0.1) is 0 Å². The lowest BCUT2D eigenvalue weighted by atomic mass is 10.3. The number of quaternary nitrogens is 1. The second-order valence-electron chi connectivity index (χ2n) is 4.11. The van der Waals surface area contributed by atoms with Crippen molar-refractivity contribution in [2.45, 2.75) is 27.7 Å². The largest absolute Gasteiger partial charge is 0.422 e. The van der Waals surface area contributed by atoms with Crippen LogP contribution in [0.25, 0.3) is 0 Å². The van der Waals surface area contributed by atoms with Gasteiger partial charge in [-0.15, -0.1) is 0 Å². The second kappa shape index (κ2) is 12.6. The van der Waals surface area contributed by atoms with Gasteiger partial charge in [-0.05, 0) is 24.3 Å². The molecule has 2 rings (SSSR count). The van der Waals surface area contributed by atoms with Gasteiger partial charge >= 0.3 is 5.97 Å². The molecule has 0 saturated carbocycles. The number of ether oxygens (including phenoxy) is 1. The Balaban J connectivity index is 0.00000102. The first-order valence-electron chi connectivity index (χ1n) is 7.89. The van der Waals surface area contributed by atoms with Gasteiger partial charge in [-0.1, -0.05) is 64.1 Å². The van der Waals surface area contributed by atoms with Crippen molar-refractivity contribution in [3.8, 4) is 5.75 Å². The molecule has 0 fully saturated rings. The van der Waals surface area contributed by atoms with Crippen LogP contribution in [0.5, 0.6) is 5.75 Å². The zero-order valence-electron chi connectivity index (χ0n) is 14.3. The van der Waals surface area contributed by atoms with Crippen molar-refractivity contribution in [3.63, 3.8) is 0 Å². The van der Waals surface area contributed by atoms with Crippen molar-refractivity contribution in [3.05, 3.63) is 60.7 Å². The number of hydrogen-bond acceptors (Lipinski definition) is 2. The molecule has 0 saturated heterocycles. The molecule has 0 aromatic heterocycles. The standard InChI is InChI=1S/C15H15NO2.2C2H6/c1-16(13-8-4-2-5-9-13)12-15(17)18-14-10-6-3-7-11-14;2*1-2/h2-11H,12H2,1H3;2*1-2H3/p+1. The number of benzene rings is 2. The van der Waals surface area contributed by atoms with Crippen LogP contribution in [0.2, 0.25) is 0 Å². The van der Waals surface area contributed by atoms with Gasteiger partial charge in [0.1, 0.15) is 11.4 Å². The fourth-order valence-electron chi connectivity index (χ4n) is 1.70. The highest BCUT2D eigenvalue weighted by Crippen LogP contribution is 2.07. The normalized spacial score (nSPS) is 10.2. The fourth-order valence-corrected chi connectivity index (χ4v) is 1.70. The number of hydrogen-bond donors (Lipinski definition) is 1. The van der Waals surface area contributed by atoms with Crippen molar-refractivity contribution < 1.29 is 14.4 Å². The average Bonchev–Trinajstić information content (AvgIpc) is 2.60. The van der Waals surface area contributed by atoms with Gasteiger partial charge in [0, 0.05) is 0 Å². The highest BCUT2D eigenvalue weighted by atomic mass is 16.5. The van der Waals surface area contributed by atoms with E-state index >= 15 is 0 Å². The minimum Gasteiger partial charge on any atom is -0.422 e. The molecule has 0 amide bonds. The number of carbonyl (C=O) groups is 1. The third-order valence-corrected chi connectivity index (χ3v) is 2.65. The number of carbonyl (C=O) groups excluding carboxylic acids is 1. The van der Waals surface area contributed by atoms with E-state index in [2.05, 4.69) is 0 Å². The lowest BCUT2D eigenvalue weighted by molar-refractivity contribution is -0.801. The molecular weight excluding hydrogens is 274 g/mol. The van der Waals surface area contributed by atoms with E-state index < -0.39 is 0 Å². The van der Waals surface area contributed by atoms with E-state index in [0.29, 0.717) is 12.3 Å². The Morgan fingerprint density at radius 2 is 1.32 bits per heavy atom. The van der Waals surface area contributed by atoms with Gasteiger partial charge in [0.25, 0.3) is 0 Å².